The minimum absolute atomic E-state index is 0.592. The minimum Gasteiger partial charge on any atom is -0.376 e. The Morgan fingerprint density at radius 2 is 2.24 bits per heavy atom. The van der Waals surface area contributed by atoms with Gasteiger partial charge in [-0.3, -0.25) is 4.68 Å². The van der Waals surface area contributed by atoms with Crippen LogP contribution in [0.2, 0.25) is 0 Å². The lowest BCUT2D eigenvalue weighted by atomic mass is 10.1. The fourth-order valence-electron chi connectivity index (χ4n) is 2.51. The maximum Gasteiger partial charge on any atom is 0.180 e. The highest BCUT2D eigenvalue weighted by Gasteiger charge is 2.19. The summed E-state index contributed by atoms with van der Waals surface area (Å²) in [6.45, 7) is 7.24. The first-order valence-corrected chi connectivity index (χ1v) is 7.57. The van der Waals surface area contributed by atoms with Crippen molar-refractivity contribution >= 4 is 5.82 Å². The number of rotatable bonds is 5. The first-order chi connectivity index (χ1) is 10.3. The molecule has 1 N–H and O–H groups in total. The molecule has 0 aromatic carbocycles. The topological polar surface area (TPSA) is 64.9 Å². The number of nitrogens with zero attached hydrogens (tertiary/aromatic N) is 4. The van der Waals surface area contributed by atoms with Crippen molar-refractivity contribution in [1.29, 1.82) is 0 Å². The summed E-state index contributed by atoms with van der Waals surface area (Å²) in [5, 5.41) is 7.71. The molecule has 6 heteroatoms. The van der Waals surface area contributed by atoms with Gasteiger partial charge >= 0.3 is 0 Å². The molecule has 1 aliphatic rings. The van der Waals surface area contributed by atoms with Crippen LogP contribution in [0.1, 0.15) is 31.5 Å². The van der Waals surface area contributed by atoms with Crippen molar-refractivity contribution < 1.29 is 4.74 Å². The third kappa shape index (κ3) is 2.76. The second-order valence-electron chi connectivity index (χ2n) is 5.08. The number of hydrogen-bond acceptors (Lipinski definition) is 5. The van der Waals surface area contributed by atoms with E-state index in [4.69, 9.17) is 14.7 Å². The SMILES string of the molecule is CCCNc1nc(-c2ccnn2CC)nc2c1COCC2. The molecule has 0 unspecified atom stereocenters. The molecule has 0 fully saturated rings. The summed E-state index contributed by atoms with van der Waals surface area (Å²) in [4.78, 5) is 9.45. The van der Waals surface area contributed by atoms with Crippen LogP contribution in [0.4, 0.5) is 5.82 Å². The van der Waals surface area contributed by atoms with Crippen molar-refractivity contribution in [2.24, 2.45) is 0 Å². The molecule has 0 bridgehead atoms. The number of nitrogens with one attached hydrogen (secondary N) is 1. The summed E-state index contributed by atoms with van der Waals surface area (Å²) in [5.74, 6) is 1.65. The van der Waals surface area contributed by atoms with Crippen LogP contribution in [0, 0.1) is 0 Å². The van der Waals surface area contributed by atoms with Crippen molar-refractivity contribution in [2.75, 3.05) is 18.5 Å². The number of aromatic nitrogens is 4. The van der Waals surface area contributed by atoms with Gasteiger partial charge in [0.05, 0.1) is 18.9 Å². The van der Waals surface area contributed by atoms with Gasteiger partial charge in [0.1, 0.15) is 11.5 Å². The van der Waals surface area contributed by atoms with Gasteiger partial charge in [-0.2, -0.15) is 5.10 Å². The van der Waals surface area contributed by atoms with Crippen molar-refractivity contribution in [1.82, 2.24) is 19.7 Å². The lowest BCUT2D eigenvalue weighted by Crippen LogP contribution is -2.18. The zero-order chi connectivity index (χ0) is 14.7. The first-order valence-electron chi connectivity index (χ1n) is 7.57. The average molecular weight is 287 g/mol. The molecule has 0 radical (unpaired) electrons. The maximum atomic E-state index is 5.55. The average Bonchev–Trinajstić information content (AvgIpc) is 3.01. The summed E-state index contributed by atoms with van der Waals surface area (Å²) in [6.07, 6.45) is 3.69. The minimum atomic E-state index is 0.592. The zero-order valence-electron chi connectivity index (χ0n) is 12.6. The van der Waals surface area contributed by atoms with E-state index in [1.807, 2.05) is 10.7 Å². The van der Waals surface area contributed by atoms with Gasteiger partial charge in [0.25, 0.3) is 0 Å². The van der Waals surface area contributed by atoms with Gasteiger partial charge in [0.2, 0.25) is 0 Å². The molecule has 0 aliphatic carbocycles. The Hall–Kier alpha value is -1.95. The second-order valence-corrected chi connectivity index (χ2v) is 5.08. The summed E-state index contributed by atoms with van der Waals surface area (Å²) in [6, 6.07) is 1.97. The number of fused-ring (bicyclic) bond motifs is 1. The quantitative estimate of drug-likeness (QED) is 0.913. The Bertz CT molecular complexity index is 623. The molecular formula is C15H21N5O. The molecule has 0 saturated heterocycles. The Labute approximate surface area is 124 Å². The number of anilines is 1. The number of aryl methyl sites for hydroxylation is 1. The van der Waals surface area contributed by atoms with Gasteiger partial charge in [-0.05, 0) is 19.4 Å². The molecule has 0 spiro atoms. The standard InChI is InChI=1S/C15H21N5O/c1-3-7-16-14-11-10-21-9-6-12(11)18-15(19-14)13-5-8-17-20(13)4-2/h5,8H,3-4,6-7,9-10H2,1-2H3,(H,16,18,19). The van der Waals surface area contributed by atoms with Crippen molar-refractivity contribution in [3.8, 4) is 11.5 Å². The highest BCUT2D eigenvalue weighted by Crippen LogP contribution is 2.26. The Balaban J connectivity index is 2.05. The van der Waals surface area contributed by atoms with E-state index >= 15 is 0 Å². The summed E-state index contributed by atoms with van der Waals surface area (Å²) < 4.78 is 7.48. The second kappa shape index (κ2) is 6.22. The summed E-state index contributed by atoms with van der Waals surface area (Å²) in [7, 11) is 0. The molecule has 21 heavy (non-hydrogen) atoms. The van der Waals surface area contributed by atoms with Crippen LogP contribution in [-0.2, 0) is 24.3 Å². The third-order valence-electron chi connectivity index (χ3n) is 3.61. The summed E-state index contributed by atoms with van der Waals surface area (Å²) in [5.41, 5.74) is 3.15. The Morgan fingerprint density at radius 3 is 3.05 bits per heavy atom. The van der Waals surface area contributed by atoms with E-state index in [1.54, 1.807) is 6.20 Å². The molecular weight excluding hydrogens is 266 g/mol. The van der Waals surface area contributed by atoms with Gasteiger partial charge in [0.15, 0.2) is 5.82 Å². The fourth-order valence-corrected chi connectivity index (χ4v) is 2.51. The molecule has 2 aromatic heterocycles. The van der Waals surface area contributed by atoms with E-state index in [1.165, 1.54) is 0 Å². The molecule has 1 aliphatic heterocycles. The van der Waals surface area contributed by atoms with Crippen molar-refractivity contribution in [2.45, 2.75) is 39.8 Å². The Kier molecular flexibility index (Phi) is 4.15. The number of ether oxygens (including phenoxy) is 1. The van der Waals surface area contributed by atoms with Crippen molar-refractivity contribution in [3.63, 3.8) is 0 Å². The van der Waals surface area contributed by atoms with Crippen LogP contribution in [0.25, 0.3) is 11.5 Å². The molecule has 0 atom stereocenters. The van der Waals surface area contributed by atoms with Gasteiger partial charge in [-0.15, -0.1) is 0 Å². The van der Waals surface area contributed by atoms with Crippen LogP contribution < -0.4 is 5.32 Å². The van der Waals surface area contributed by atoms with Gasteiger partial charge in [-0.1, -0.05) is 6.92 Å². The molecule has 0 saturated carbocycles. The molecule has 112 valence electrons. The number of hydrogen-bond donors (Lipinski definition) is 1. The van der Waals surface area contributed by atoms with Crippen molar-refractivity contribution in [3.05, 3.63) is 23.5 Å². The lowest BCUT2D eigenvalue weighted by molar-refractivity contribution is 0.109. The van der Waals surface area contributed by atoms with E-state index in [2.05, 4.69) is 24.3 Å². The first kappa shape index (κ1) is 14.0. The molecule has 3 rings (SSSR count). The van der Waals surface area contributed by atoms with E-state index in [-0.39, 0.29) is 0 Å². The van der Waals surface area contributed by atoms with Crippen LogP contribution in [0.15, 0.2) is 12.3 Å². The van der Waals surface area contributed by atoms with Crippen LogP contribution in [0.3, 0.4) is 0 Å². The van der Waals surface area contributed by atoms with Crippen LogP contribution in [-0.4, -0.2) is 32.9 Å². The normalized spacial score (nSPS) is 14.0. The maximum absolute atomic E-state index is 5.55. The lowest BCUT2D eigenvalue weighted by Gasteiger charge is -2.20. The van der Waals surface area contributed by atoms with Gasteiger partial charge in [-0.25, -0.2) is 9.97 Å². The van der Waals surface area contributed by atoms with E-state index in [0.717, 1.165) is 61.1 Å². The monoisotopic (exact) mass is 287 g/mol. The van der Waals surface area contributed by atoms with Crippen LogP contribution >= 0.6 is 0 Å². The third-order valence-corrected chi connectivity index (χ3v) is 3.61. The molecule has 6 nitrogen and oxygen atoms in total. The molecule has 2 aromatic rings. The fraction of sp³-hybridized carbons (Fsp3) is 0.533. The van der Waals surface area contributed by atoms with Crippen LogP contribution in [0.5, 0.6) is 0 Å². The molecule has 3 heterocycles. The van der Waals surface area contributed by atoms with Gasteiger partial charge < -0.3 is 10.1 Å². The molecule has 0 amide bonds. The highest BCUT2D eigenvalue weighted by molar-refractivity contribution is 5.57. The van der Waals surface area contributed by atoms with E-state index in [0.29, 0.717) is 6.61 Å². The highest BCUT2D eigenvalue weighted by atomic mass is 16.5. The zero-order valence-corrected chi connectivity index (χ0v) is 12.6. The Morgan fingerprint density at radius 1 is 1.33 bits per heavy atom. The van der Waals surface area contributed by atoms with E-state index < -0.39 is 0 Å². The largest absolute Gasteiger partial charge is 0.376 e. The predicted octanol–water partition coefficient (Wildman–Crippen LogP) is 2.25. The summed E-state index contributed by atoms with van der Waals surface area (Å²) >= 11 is 0. The van der Waals surface area contributed by atoms with E-state index in [9.17, 15) is 0 Å². The van der Waals surface area contributed by atoms with Gasteiger partial charge in [0, 0.05) is 31.3 Å². The smallest absolute Gasteiger partial charge is 0.180 e. The predicted molar refractivity (Wildman–Crippen MR) is 81.1 cm³/mol.